The Morgan fingerprint density at radius 2 is 1.86 bits per heavy atom. The molecular weight excluding hydrogens is 196 g/mol. The number of hydrogen-bond acceptors (Lipinski definition) is 1. The van der Waals surface area contributed by atoms with Gasteiger partial charge in [0.15, 0.2) is 0 Å². The number of carbonyl (C=O) groups excluding carboxylic acids is 1. The van der Waals surface area contributed by atoms with Crippen molar-refractivity contribution in [2.75, 3.05) is 0 Å². The molecule has 1 rings (SSSR count). The van der Waals surface area contributed by atoms with E-state index in [-0.39, 0.29) is 11.2 Å². The second-order valence-corrected chi connectivity index (χ2v) is 4.19. The van der Waals surface area contributed by atoms with Crippen molar-refractivity contribution in [2.45, 2.75) is 32.6 Å². The maximum absolute atomic E-state index is 11.5. The van der Waals surface area contributed by atoms with Crippen LogP contribution in [0.5, 0.6) is 0 Å². The molecule has 0 unspecified atom stereocenters. The maximum atomic E-state index is 11.5. The zero-order valence-corrected chi connectivity index (χ0v) is 9.56. The molecule has 0 aliphatic carbocycles. The molecule has 0 bridgehead atoms. The predicted molar refractivity (Wildman–Crippen MR) is 59.8 cm³/mol. The van der Waals surface area contributed by atoms with Gasteiger partial charge in [-0.2, -0.15) is 0 Å². The minimum atomic E-state index is -0.370. The van der Waals surface area contributed by atoms with E-state index in [9.17, 15) is 4.79 Å². The average molecular weight is 211 g/mol. The summed E-state index contributed by atoms with van der Waals surface area (Å²) in [5.74, 6) is 0.197. The van der Waals surface area contributed by atoms with Crippen LogP contribution < -0.4 is 0 Å². The zero-order valence-electron chi connectivity index (χ0n) is 8.80. The summed E-state index contributed by atoms with van der Waals surface area (Å²) in [6.45, 7) is 5.63. The van der Waals surface area contributed by atoms with Crippen molar-refractivity contribution >= 4 is 17.4 Å². The van der Waals surface area contributed by atoms with Crippen molar-refractivity contribution in [1.29, 1.82) is 0 Å². The fourth-order valence-electron chi connectivity index (χ4n) is 1.47. The molecule has 2 heteroatoms. The van der Waals surface area contributed by atoms with Gasteiger partial charge in [0, 0.05) is 5.02 Å². The van der Waals surface area contributed by atoms with Gasteiger partial charge in [-0.05, 0) is 38.0 Å². The van der Waals surface area contributed by atoms with Crippen LogP contribution in [-0.4, -0.2) is 5.78 Å². The number of halogens is 1. The molecule has 1 nitrogen and oxygen atoms in total. The van der Waals surface area contributed by atoms with E-state index in [0.29, 0.717) is 5.02 Å². The van der Waals surface area contributed by atoms with Crippen molar-refractivity contribution in [3.8, 4) is 0 Å². The van der Waals surface area contributed by atoms with Gasteiger partial charge in [-0.25, -0.2) is 0 Å². The van der Waals surface area contributed by atoms with Gasteiger partial charge in [0.25, 0.3) is 0 Å². The molecule has 0 aromatic heterocycles. The third-order valence-corrected chi connectivity index (χ3v) is 3.22. The third-order valence-electron chi connectivity index (χ3n) is 2.97. The SMILES string of the molecule is CC[C@](C)(C(C)=O)c1ccc(Cl)cc1. The van der Waals surface area contributed by atoms with Crippen LogP contribution in [0.25, 0.3) is 0 Å². The van der Waals surface area contributed by atoms with Crippen molar-refractivity contribution in [3.05, 3.63) is 34.9 Å². The zero-order chi connectivity index (χ0) is 10.8. The molecule has 0 amide bonds. The van der Waals surface area contributed by atoms with Crippen LogP contribution in [0.1, 0.15) is 32.8 Å². The van der Waals surface area contributed by atoms with Crippen molar-refractivity contribution in [2.24, 2.45) is 0 Å². The first-order valence-corrected chi connectivity index (χ1v) is 5.15. The molecule has 76 valence electrons. The van der Waals surface area contributed by atoms with Gasteiger partial charge in [0.2, 0.25) is 0 Å². The standard InChI is InChI=1S/C12H15ClO/c1-4-12(3,9(2)14)10-5-7-11(13)8-6-10/h5-8H,4H2,1-3H3/t12-/m1/s1. The first-order chi connectivity index (χ1) is 6.50. The van der Waals surface area contributed by atoms with E-state index in [4.69, 9.17) is 11.6 Å². The smallest absolute Gasteiger partial charge is 0.140 e. The Labute approximate surface area is 90.1 Å². The van der Waals surface area contributed by atoms with E-state index in [1.807, 2.05) is 38.1 Å². The van der Waals surface area contributed by atoms with Crippen LogP contribution in [0.2, 0.25) is 5.02 Å². The van der Waals surface area contributed by atoms with Gasteiger partial charge in [-0.1, -0.05) is 30.7 Å². The molecule has 14 heavy (non-hydrogen) atoms. The normalized spacial score (nSPS) is 14.9. The van der Waals surface area contributed by atoms with Crippen LogP contribution >= 0.6 is 11.6 Å². The van der Waals surface area contributed by atoms with E-state index in [2.05, 4.69) is 0 Å². The summed E-state index contributed by atoms with van der Waals surface area (Å²) in [6, 6.07) is 7.50. The Balaban J connectivity index is 3.13. The molecular formula is C12H15ClO. The summed E-state index contributed by atoms with van der Waals surface area (Å²) < 4.78 is 0. The van der Waals surface area contributed by atoms with Crippen LogP contribution in [0.4, 0.5) is 0 Å². The highest BCUT2D eigenvalue weighted by molar-refractivity contribution is 6.30. The van der Waals surface area contributed by atoms with E-state index in [1.54, 1.807) is 6.92 Å². The highest BCUT2D eigenvalue weighted by Gasteiger charge is 2.29. The quantitative estimate of drug-likeness (QED) is 0.745. The Kier molecular flexibility index (Phi) is 3.33. The molecule has 0 N–H and O–H groups in total. The van der Waals surface area contributed by atoms with Gasteiger partial charge < -0.3 is 0 Å². The van der Waals surface area contributed by atoms with Gasteiger partial charge in [-0.3, -0.25) is 4.79 Å². The molecule has 0 spiro atoms. The maximum Gasteiger partial charge on any atom is 0.140 e. The lowest BCUT2D eigenvalue weighted by Gasteiger charge is -2.25. The number of carbonyl (C=O) groups is 1. The number of hydrogen-bond donors (Lipinski definition) is 0. The summed E-state index contributed by atoms with van der Waals surface area (Å²) in [5.41, 5.74) is 0.668. The molecule has 0 aliphatic heterocycles. The highest BCUT2D eigenvalue weighted by Crippen LogP contribution is 2.29. The summed E-state index contributed by atoms with van der Waals surface area (Å²) in [5, 5.41) is 0.704. The van der Waals surface area contributed by atoms with Gasteiger partial charge in [0.05, 0.1) is 5.41 Å². The molecule has 0 fully saturated rings. The lowest BCUT2D eigenvalue weighted by molar-refractivity contribution is -0.122. The average Bonchev–Trinajstić information content (AvgIpc) is 2.17. The minimum absolute atomic E-state index is 0.197. The molecule has 0 heterocycles. The minimum Gasteiger partial charge on any atom is -0.299 e. The molecule has 1 aromatic rings. The monoisotopic (exact) mass is 210 g/mol. The molecule has 0 saturated carbocycles. The van der Waals surface area contributed by atoms with Crippen molar-refractivity contribution in [1.82, 2.24) is 0 Å². The molecule has 0 radical (unpaired) electrons. The molecule has 0 aliphatic rings. The number of Topliss-reactive ketones (excluding diaryl/α,β-unsaturated/α-hetero) is 1. The van der Waals surface area contributed by atoms with Gasteiger partial charge in [-0.15, -0.1) is 0 Å². The van der Waals surface area contributed by atoms with Gasteiger partial charge >= 0.3 is 0 Å². The predicted octanol–water partition coefficient (Wildman–Crippen LogP) is 3.60. The number of ketones is 1. The van der Waals surface area contributed by atoms with Crippen LogP contribution in [0.15, 0.2) is 24.3 Å². The Morgan fingerprint density at radius 1 is 1.36 bits per heavy atom. The lowest BCUT2D eigenvalue weighted by atomic mass is 9.77. The van der Waals surface area contributed by atoms with Crippen molar-refractivity contribution in [3.63, 3.8) is 0 Å². The fourth-order valence-corrected chi connectivity index (χ4v) is 1.60. The largest absolute Gasteiger partial charge is 0.299 e. The van der Waals surface area contributed by atoms with Crippen LogP contribution in [0.3, 0.4) is 0 Å². The Bertz CT molecular complexity index is 329. The first kappa shape index (κ1) is 11.3. The van der Waals surface area contributed by atoms with E-state index < -0.39 is 0 Å². The summed E-state index contributed by atoms with van der Waals surface area (Å²) >= 11 is 5.80. The highest BCUT2D eigenvalue weighted by atomic mass is 35.5. The summed E-state index contributed by atoms with van der Waals surface area (Å²) in [7, 11) is 0. The Hall–Kier alpha value is -0.820. The second-order valence-electron chi connectivity index (χ2n) is 3.75. The molecule has 0 saturated heterocycles. The number of benzene rings is 1. The first-order valence-electron chi connectivity index (χ1n) is 4.78. The fraction of sp³-hybridized carbons (Fsp3) is 0.417. The molecule has 1 aromatic carbocycles. The summed E-state index contributed by atoms with van der Waals surface area (Å²) in [6.07, 6.45) is 0.809. The van der Waals surface area contributed by atoms with Crippen LogP contribution in [-0.2, 0) is 10.2 Å². The van der Waals surface area contributed by atoms with Crippen LogP contribution in [0, 0.1) is 0 Å². The van der Waals surface area contributed by atoms with Gasteiger partial charge in [0.1, 0.15) is 5.78 Å². The van der Waals surface area contributed by atoms with E-state index in [1.165, 1.54) is 0 Å². The van der Waals surface area contributed by atoms with Crippen molar-refractivity contribution < 1.29 is 4.79 Å². The Morgan fingerprint density at radius 3 is 2.21 bits per heavy atom. The lowest BCUT2D eigenvalue weighted by Crippen LogP contribution is -2.29. The van der Waals surface area contributed by atoms with E-state index in [0.717, 1.165) is 12.0 Å². The number of rotatable bonds is 3. The molecule has 1 atom stereocenters. The topological polar surface area (TPSA) is 17.1 Å². The van der Waals surface area contributed by atoms with E-state index >= 15 is 0 Å². The second kappa shape index (κ2) is 4.14. The third kappa shape index (κ3) is 1.98. The summed E-state index contributed by atoms with van der Waals surface area (Å²) in [4.78, 5) is 11.5.